The first-order valence-corrected chi connectivity index (χ1v) is 4.12. The van der Waals surface area contributed by atoms with Crippen molar-refractivity contribution in [1.82, 2.24) is 4.98 Å². The molecule has 1 rings (SSSR count). The van der Waals surface area contributed by atoms with Crippen LogP contribution in [0.4, 0.5) is 13.2 Å². The van der Waals surface area contributed by atoms with Crippen molar-refractivity contribution in [3.8, 4) is 11.8 Å². The molecule has 0 bridgehead atoms. The molecule has 3 nitrogen and oxygen atoms in total. The largest absolute Gasteiger partial charge is 0.434 e. The molecule has 0 aliphatic rings. The number of primary amides is 1. The Hall–Kier alpha value is -1.55. The Morgan fingerprint density at radius 2 is 2.21 bits per heavy atom. The van der Waals surface area contributed by atoms with Gasteiger partial charge in [0.15, 0.2) is 10.7 Å². The number of nitrogens with two attached hydrogens (primary N) is 1. The first-order chi connectivity index (χ1) is 6.39. The van der Waals surface area contributed by atoms with Gasteiger partial charge in [-0.15, -0.1) is 11.3 Å². The normalized spacial score (nSPS) is 10.5. The highest BCUT2D eigenvalue weighted by atomic mass is 32.1. The summed E-state index contributed by atoms with van der Waals surface area (Å²) in [6.45, 7) is 0. The third-order valence-electron chi connectivity index (χ3n) is 1.09. The minimum Gasteiger partial charge on any atom is -0.359 e. The van der Waals surface area contributed by atoms with Gasteiger partial charge in [-0.1, -0.05) is 0 Å². The lowest BCUT2D eigenvalue weighted by Gasteiger charge is -1.98. The van der Waals surface area contributed by atoms with E-state index >= 15 is 0 Å². The lowest BCUT2D eigenvalue weighted by Crippen LogP contribution is -2.06. The van der Waals surface area contributed by atoms with Crippen molar-refractivity contribution in [3.05, 3.63) is 16.1 Å². The van der Waals surface area contributed by atoms with Crippen LogP contribution in [0.3, 0.4) is 0 Å². The molecule has 0 saturated carbocycles. The molecule has 0 fully saturated rings. The number of amides is 1. The number of hydrogen-bond donors (Lipinski definition) is 1. The highest BCUT2D eigenvalue weighted by Crippen LogP contribution is 2.29. The average molecular weight is 220 g/mol. The summed E-state index contributed by atoms with van der Waals surface area (Å²) in [5.74, 6) is 3.11. The van der Waals surface area contributed by atoms with Crippen LogP contribution in [0.2, 0.25) is 0 Å². The van der Waals surface area contributed by atoms with Crippen LogP contribution in [0.25, 0.3) is 0 Å². The number of carbonyl (C=O) groups excluding carboxylic acids is 1. The molecule has 14 heavy (non-hydrogen) atoms. The lowest BCUT2D eigenvalue weighted by atomic mass is 10.5. The van der Waals surface area contributed by atoms with Gasteiger partial charge >= 0.3 is 6.18 Å². The van der Waals surface area contributed by atoms with Gasteiger partial charge in [-0.2, -0.15) is 13.2 Å². The van der Waals surface area contributed by atoms with Gasteiger partial charge in [-0.25, -0.2) is 4.98 Å². The van der Waals surface area contributed by atoms with Crippen molar-refractivity contribution in [1.29, 1.82) is 0 Å². The van der Waals surface area contributed by atoms with Crippen molar-refractivity contribution in [2.24, 2.45) is 5.73 Å². The maximum Gasteiger partial charge on any atom is 0.434 e. The molecule has 0 unspecified atom stereocenters. The van der Waals surface area contributed by atoms with Crippen LogP contribution in [-0.2, 0) is 11.0 Å². The molecular weight excluding hydrogens is 217 g/mol. The Morgan fingerprint density at radius 3 is 2.64 bits per heavy atom. The summed E-state index contributed by atoms with van der Waals surface area (Å²) >= 11 is 0.706. The van der Waals surface area contributed by atoms with E-state index in [9.17, 15) is 18.0 Å². The molecule has 0 spiro atoms. The third-order valence-corrected chi connectivity index (χ3v) is 1.84. The zero-order chi connectivity index (χ0) is 10.8. The van der Waals surface area contributed by atoms with Gasteiger partial charge in [0.2, 0.25) is 0 Å². The van der Waals surface area contributed by atoms with Crippen LogP contribution in [0.5, 0.6) is 0 Å². The van der Waals surface area contributed by atoms with E-state index in [-0.39, 0.29) is 5.01 Å². The van der Waals surface area contributed by atoms with Crippen molar-refractivity contribution >= 4 is 17.2 Å². The van der Waals surface area contributed by atoms with E-state index in [0.717, 1.165) is 5.38 Å². The quantitative estimate of drug-likeness (QED) is 0.663. The summed E-state index contributed by atoms with van der Waals surface area (Å²) in [4.78, 5) is 13.3. The van der Waals surface area contributed by atoms with E-state index in [1.54, 1.807) is 0 Å². The number of alkyl halides is 3. The van der Waals surface area contributed by atoms with Crippen LogP contribution in [0.1, 0.15) is 10.7 Å². The second-order valence-corrected chi connectivity index (χ2v) is 3.01. The average Bonchev–Trinajstić information content (AvgIpc) is 2.47. The van der Waals surface area contributed by atoms with Gasteiger partial charge < -0.3 is 5.73 Å². The zero-order valence-electron chi connectivity index (χ0n) is 6.55. The number of hydrogen-bond acceptors (Lipinski definition) is 3. The van der Waals surface area contributed by atoms with E-state index in [0.29, 0.717) is 11.3 Å². The van der Waals surface area contributed by atoms with Crippen LogP contribution < -0.4 is 5.73 Å². The van der Waals surface area contributed by atoms with Gasteiger partial charge in [0.05, 0.1) is 0 Å². The molecule has 0 aromatic carbocycles. The van der Waals surface area contributed by atoms with E-state index < -0.39 is 17.8 Å². The maximum absolute atomic E-state index is 12.0. The lowest BCUT2D eigenvalue weighted by molar-refractivity contribution is -0.140. The van der Waals surface area contributed by atoms with Gasteiger partial charge in [-0.05, 0) is 5.92 Å². The molecule has 0 radical (unpaired) electrons. The smallest absolute Gasteiger partial charge is 0.359 e. The van der Waals surface area contributed by atoms with Crippen molar-refractivity contribution < 1.29 is 18.0 Å². The molecule has 0 aliphatic carbocycles. The summed E-state index contributed by atoms with van der Waals surface area (Å²) in [5.41, 5.74) is 3.66. The van der Waals surface area contributed by atoms with E-state index in [1.165, 1.54) is 0 Å². The fourth-order valence-electron chi connectivity index (χ4n) is 0.576. The third kappa shape index (κ3) is 2.74. The number of thiazole rings is 1. The SMILES string of the molecule is NC(=O)C#Cc1nc(C(F)(F)F)cs1. The number of carbonyl (C=O) groups is 1. The van der Waals surface area contributed by atoms with Crippen LogP contribution in [-0.4, -0.2) is 10.9 Å². The van der Waals surface area contributed by atoms with Crippen molar-refractivity contribution in [2.45, 2.75) is 6.18 Å². The molecule has 1 heterocycles. The zero-order valence-corrected chi connectivity index (χ0v) is 7.37. The Bertz CT molecular complexity index is 413. The maximum atomic E-state index is 12.0. The van der Waals surface area contributed by atoms with Crippen LogP contribution in [0, 0.1) is 11.8 Å². The molecule has 0 atom stereocenters. The fourth-order valence-corrected chi connectivity index (χ4v) is 1.25. The monoisotopic (exact) mass is 220 g/mol. The highest BCUT2D eigenvalue weighted by molar-refractivity contribution is 7.10. The molecule has 2 N–H and O–H groups in total. The Kier molecular flexibility index (Phi) is 2.76. The predicted octanol–water partition coefficient (Wildman–Crippen LogP) is 0.999. The first kappa shape index (κ1) is 10.5. The number of aromatic nitrogens is 1. The van der Waals surface area contributed by atoms with Gasteiger partial charge in [0.25, 0.3) is 5.91 Å². The fraction of sp³-hybridized carbons (Fsp3) is 0.143. The summed E-state index contributed by atoms with van der Waals surface area (Å²) in [5, 5.41) is 0.737. The van der Waals surface area contributed by atoms with Gasteiger partial charge in [-0.3, -0.25) is 4.79 Å². The topological polar surface area (TPSA) is 56.0 Å². The highest BCUT2D eigenvalue weighted by Gasteiger charge is 2.33. The second kappa shape index (κ2) is 3.67. The number of halogens is 3. The standard InChI is InChI=1S/C7H3F3N2OS/c8-7(9,10)4-3-14-6(12-4)2-1-5(11)13/h3H,(H2,11,13). The first-order valence-electron chi connectivity index (χ1n) is 3.24. The Morgan fingerprint density at radius 1 is 1.57 bits per heavy atom. The van der Waals surface area contributed by atoms with Gasteiger partial charge in [0.1, 0.15) is 0 Å². The molecule has 0 saturated heterocycles. The Labute approximate surface area is 80.7 Å². The van der Waals surface area contributed by atoms with Gasteiger partial charge in [0, 0.05) is 11.3 Å². The minimum absolute atomic E-state index is 0.0869. The predicted molar refractivity (Wildman–Crippen MR) is 43.2 cm³/mol. The molecule has 1 aromatic heterocycles. The molecule has 74 valence electrons. The van der Waals surface area contributed by atoms with Crippen molar-refractivity contribution in [3.63, 3.8) is 0 Å². The summed E-state index contributed by atoms with van der Waals surface area (Å²) in [7, 11) is 0. The van der Waals surface area contributed by atoms with Crippen molar-refractivity contribution in [2.75, 3.05) is 0 Å². The summed E-state index contributed by atoms with van der Waals surface area (Å²) in [6, 6.07) is 0. The molecule has 0 aliphatic heterocycles. The van der Waals surface area contributed by atoms with E-state index in [2.05, 4.69) is 16.6 Å². The molecule has 1 amide bonds. The number of nitrogens with zero attached hydrogens (tertiary/aromatic N) is 1. The Balaban J connectivity index is 2.91. The molecule has 1 aromatic rings. The summed E-state index contributed by atoms with van der Waals surface area (Å²) in [6.07, 6.45) is -4.48. The van der Waals surface area contributed by atoms with E-state index in [4.69, 9.17) is 0 Å². The number of rotatable bonds is 0. The van der Waals surface area contributed by atoms with Crippen LogP contribution in [0.15, 0.2) is 5.38 Å². The summed E-state index contributed by atoms with van der Waals surface area (Å²) < 4.78 is 36.0. The minimum atomic E-state index is -4.48. The second-order valence-electron chi connectivity index (χ2n) is 2.15. The van der Waals surface area contributed by atoms with Crippen LogP contribution >= 0.6 is 11.3 Å². The molecular formula is C7H3F3N2OS. The van der Waals surface area contributed by atoms with E-state index in [1.807, 2.05) is 5.92 Å². The molecule has 7 heteroatoms.